The Bertz CT molecular complexity index is 384. The zero-order valence-electron chi connectivity index (χ0n) is 13.3. The number of rotatable bonds is 2. The molecule has 19 heavy (non-hydrogen) atoms. The molecule has 110 valence electrons. The van der Waals surface area contributed by atoms with Crippen LogP contribution >= 0.6 is 0 Å². The smallest absolute Gasteiger partial charge is 0.127 e. The lowest BCUT2D eigenvalue weighted by Crippen LogP contribution is -2.22. The van der Waals surface area contributed by atoms with E-state index in [1.807, 2.05) is 46.8 Å². The highest BCUT2D eigenvalue weighted by Crippen LogP contribution is 2.20. The minimum Gasteiger partial charge on any atom is -0.237 e. The van der Waals surface area contributed by atoms with Crippen molar-refractivity contribution in [2.75, 3.05) is 13.1 Å². The quantitative estimate of drug-likeness (QED) is 0.784. The first-order valence-electron chi connectivity index (χ1n) is 7.42. The number of aryl methyl sites for hydroxylation is 2. The normalized spacial score (nSPS) is 15.9. The van der Waals surface area contributed by atoms with E-state index in [0.29, 0.717) is 0 Å². The fourth-order valence-corrected chi connectivity index (χ4v) is 3.38. The van der Waals surface area contributed by atoms with Crippen LogP contribution in [-0.2, 0) is 11.0 Å². The first-order chi connectivity index (χ1) is 9.18. The van der Waals surface area contributed by atoms with Crippen LogP contribution in [0.2, 0.25) is 0 Å². The number of benzene rings is 1. The summed E-state index contributed by atoms with van der Waals surface area (Å²) < 4.78 is 14.3. The molecule has 1 aliphatic rings. The van der Waals surface area contributed by atoms with Gasteiger partial charge in [-0.25, -0.2) is 8.51 Å². The Balaban J connectivity index is 0.000000741. The summed E-state index contributed by atoms with van der Waals surface area (Å²) in [5.41, 5.74) is 2.37. The first kappa shape index (κ1) is 18.3. The van der Waals surface area contributed by atoms with Gasteiger partial charge in [0.25, 0.3) is 0 Å². The average molecular weight is 283 g/mol. The van der Waals surface area contributed by atoms with Gasteiger partial charge in [0.15, 0.2) is 0 Å². The van der Waals surface area contributed by atoms with Crippen LogP contribution < -0.4 is 0 Å². The second kappa shape index (κ2) is 10.2. The van der Waals surface area contributed by atoms with Gasteiger partial charge >= 0.3 is 0 Å². The third-order valence-corrected chi connectivity index (χ3v) is 4.49. The van der Waals surface area contributed by atoms with Gasteiger partial charge in [0, 0.05) is 13.1 Å². The van der Waals surface area contributed by atoms with E-state index < -0.39 is 11.0 Å². The Hall–Kier alpha value is -0.670. The van der Waals surface area contributed by atoms with Gasteiger partial charge in [-0.15, -0.1) is 0 Å². The molecule has 0 radical (unpaired) electrons. The summed E-state index contributed by atoms with van der Waals surface area (Å²) in [6, 6.07) is 6.14. The molecular formula is C16H29NOS. The predicted octanol–water partition coefficient (Wildman–Crippen LogP) is 4.47. The molecule has 2 nitrogen and oxygen atoms in total. The minimum absolute atomic E-state index is 0.945. The lowest BCUT2D eigenvalue weighted by molar-refractivity contribution is 0.535. The molecule has 1 aliphatic heterocycles. The summed E-state index contributed by atoms with van der Waals surface area (Å²) >= 11 is 0. The molecule has 1 unspecified atom stereocenters. The summed E-state index contributed by atoms with van der Waals surface area (Å²) in [7, 11) is -0.945. The van der Waals surface area contributed by atoms with Crippen molar-refractivity contribution in [2.45, 2.75) is 59.3 Å². The lowest BCUT2D eigenvalue weighted by atomic mass is 10.2. The van der Waals surface area contributed by atoms with Crippen molar-refractivity contribution in [3.63, 3.8) is 0 Å². The predicted molar refractivity (Wildman–Crippen MR) is 85.8 cm³/mol. The van der Waals surface area contributed by atoms with Gasteiger partial charge in [0.2, 0.25) is 0 Å². The molecular weight excluding hydrogens is 254 g/mol. The molecule has 0 amide bonds. The van der Waals surface area contributed by atoms with E-state index >= 15 is 0 Å². The summed E-state index contributed by atoms with van der Waals surface area (Å²) in [6.07, 6.45) is 2.35. The highest BCUT2D eigenvalue weighted by Gasteiger charge is 2.20. The van der Waals surface area contributed by atoms with E-state index in [-0.39, 0.29) is 0 Å². The van der Waals surface area contributed by atoms with Gasteiger partial charge in [0.05, 0.1) is 4.90 Å². The molecule has 0 aliphatic carbocycles. The Morgan fingerprint density at radius 2 is 1.53 bits per heavy atom. The molecule has 2 rings (SSSR count). The molecule has 1 atom stereocenters. The zero-order chi connectivity index (χ0) is 14.8. The number of hydrogen-bond donors (Lipinski definition) is 0. The molecule has 0 spiro atoms. The highest BCUT2D eigenvalue weighted by atomic mass is 32.2. The van der Waals surface area contributed by atoms with Crippen LogP contribution in [-0.4, -0.2) is 21.6 Å². The standard InChI is InChI=1S/C12H17NOS.2C2H6/c1-10-5-6-12(11(2)9-10)15(14)13-7-3-4-8-13;2*1-2/h5-6,9H,3-4,7-8H2,1-2H3;2*1-2H3. The molecule has 0 saturated carbocycles. The van der Waals surface area contributed by atoms with Crippen molar-refractivity contribution in [1.82, 2.24) is 4.31 Å². The third-order valence-electron chi connectivity index (χ3n) is 2.82. The topological polar surface area (TPSA) is 20.3 Å². The first-order valence-corrected chi connectivity index (χ1v) is 8.53. The van der Waals surface area contributed by atoms with Gasteiger partial charge in [-0.05, 0) is 38.3 Å². The van der Waals surface area contributed by atoms with E-state index in [1.54, 1.807) is 0 Å². The van der Waals surface area contributed by atoms with Crippen LogP contribution in [0.25, 0.3) is 0 Å². The molecule has 0 bridgehead atoms. The van der Waals surface area contributed by atoms with Gasteiger partial charge < -0.3 is 0 Å². The summed E-state index contributed by atoms with van der Waals surface area (Å²) in [5, 5.41) is 0. The number of hydrogen-bond acceptors (Lipinski definition) is 1. The van der Waals surface area contributed by atoms with Gasteiger partial charge in [-0.2, -0.15) is 0 Å². The zero-order valence-corrected chi connectivity index (χ0v) is 14.1. The van der Waals surface area contributed by atoms with Crippen molar-refractivity contribution < 1.29 is 4.21 Å². The second-order valence-corrected chi connectivity index (χ2v) is 5.61. The second-order valence-electron chi connectivity index (χ2n) is 4.15. The van der Waals surface area contributed by atoms with Crippen molar-refractivity contribution in [3.8, 4) is 0 Å². The van der Waals surface area contributed by atoms with E-state index in [0.717, 1.165) is 23.5 Å². The van der Waals surface area contributed by atoms with Crippen LogP contribution in [0, 0.1) is 13.8 Å². The average Bonchev–Trinajstić information content (AvgIpc) is 2.97. The molecule has 0 N–H and O–H groups in total. The van der Waals surface area contributed by atoms with E-state index in [2.05, 4.69) is 17.3 Å². The summed E-state index contributed by atoms with van der Waals surface area (Å²) in [4.78, 5) is 0.975. The fourth-order valence-electron chi connectivity index (χ4n) is 1.99. The van der Waals surface area contributed by atoms with Crippen LogP contribution in [0.1, 0.15) is 51.7 Å². The van der Waals surface area contributed by atoms with E-state index in [1.165, 1.54) is 18.4 Å². The van der Waals surface area contributed by atoms with Crippen molar-refractivity contribution in [1.29, 1.82) is 0 Å². The van der Waals surface area contributed by atoms with Gasteiger partial charge in [0.1, 0.15) is 11.0 Å². The maximum absolute atomic E-state index is 12.2. The van der Waals surface area contributed by atoms with Gasteiger partial charge in [-0.3, -0.25) is 0 Å². The molecule has 1 fully saturated rings. The maximum Gasteiger partial charge on any atom is 0.127 e. The number of nitrogens with zero attached hydrogens (tertiary/aromatic N) is 1. The van der Waals surface area contributed by atoms with E-state index in [4.69, 9.17) is 0 Å². The van der Waals surface area contributed by atoms with Crippen molar-refractivity contribution >= 4 is 11.0 Å². The van der Waals surface area contributed by atoms with Crippen molar-refractivity contribution in [2.24, 2.45) is 0 Å². The van der Waals surface area contributed by atoms with Crippen LogP contribution in [0.4, 0.5) is 0 Å². The molecule has 1 heterocycles. The molecule has 1 aromatic carbocycles. The van der Waals surface area contributed by atoms with Crippen molar-refractivity contribution in [3.05, 3.63) is 29.3 Å². The lowest BCUT2D eigenvalue weighted by Gasteiger charge is -2.15. The van der Waals surface area contributed by atoms with Crippen LogP contribution in [0.3, 0.4) is 0 Å². The highest BCUT2D eigenvalue weighted by molar-refractivity contribution is 7.82. The Morgan fingerprint density at radius 3 is 2.00 bits per heavy atom. The molecule has 3 heteroatoms. The molecule has 1 aromatic rings. The molecule has 0 aromatic heterocycles. The largest absolute Gasteiger partial charge is 0.237 e. The maximum atomic E-state index is 12.2. The van der Waals surface area contributed by atoms with Crippen LogP contribution in [0.5, 0.6) is 0 Å². The fraction of sp³-hybridized carbons (Fsp3) is 0.625. The van der Waals surface area contributed by atoms with Gasteiger partial charge in [-0.1, -0.05) is 45.4 Å². The Kier molecular flexibility index (Phi) is 9.80. The minimum atomic E-state index is -0.945. The monoisotopic (exact) mass is 283 g/mol. The van der Waals surface area contributed by atoms with Crippen LogP contribution in [0.15, 0.2) is 23.1 Å². The SMILES string of the molecule is CC.CC.Cc1ccc(S(=O)N2CCCC2)c(C)c1. The Labute approximate surface area is 121 Å². The summed E-state index contributed by atoms with van der Waals surface area (Å²) in [6.45, 7) is 14.0. The Morgan fingerprint density at radius 1 is 1.00 bits per heavy atom. The summed E-state index contributed by atoms with van der Waals surface area (Å²) in [5.74, 6) is 0. The molecule has 1 saturated heterocycles. The van der Waals surface area contributed by atoms with E-state index in [9.17, 15) is 4.21 Å². The third kappa shape index (κ3) is 5.45.